The molecule has 1 aliphatic rings. The van der Waals surface area contributed by atoms with Gasteiger partial charge in [-0.25, -0.2) is 4.79 Å². The maximum atomic E-state index is 13.2. The van der Waals surface area contributed by atoms with E-state index in [4.69, 9.17) is 4.74 Å². The third-order valence-electron chi connectivity index (χ3n) is 4.43. The second-order valence-corrected chi connectivity index (χ2v) is 6.07. The van der Waals surface area contributed by atoms with E-state index in [1.165, 1.54) is 6.92 Å². The lowest BCUT2D eigenvalue weighted by Crippen LogP contribution is -2.60. The fourth-order valence-electron chi connectivity index (χ4n) is 3.34. The number of aliphatic hydroxyl groups is 1. The molecule has 0 aliphatic heterocycles. The zero-order chi connectivity index (χ0) is 18.9. The molecule has 0 bridgehead atoms. The van der Waals surface area contributed by atoms with Gasteiger partial charge >= 0.3 is 5.97 Å². The van der Waals surface area contributed by atoms with E-state index >= 15 is 0 Å². The number of Topliss-reactive ketones (excluding diaryl/α,β-unsaturated/α-hetero) is 1. The third kappa shape index (κ3) is 2.68. The van der Waals surface area contributed by atoms with Crippen molar-refractivity contribution in [2.45, 2.75) is 25.5 Å². The molecule has 0 heterocycles. The van der Waals surface area contributed by atoms with E-state index < -0.39 is 29.3 Å². The molecule has 0 aromatic heterocycles. The van der Waals surface area contributed by atoms with Crippen LogP contribution in [0.25, 0.3) is 11.1 Å². The van der Waals surface area contributed by atoms with Gasteiger partial charge in [0.1, 0.15) is 0 Å². The largest absolute Gasteiger partial charge is 0.464 e. The van der Waals surface area contributed by atoms with E-state index in [2.05, 4.69) is 5.32 Å². The number of ketones is 1. The Labute approximate surface area is 150 Å². The molecular formula is C20H19NO5. The van der Waals surface area contributed by atoms with Crippen molar-refractivity contribution in [3.8, 4) is 11.1 Å². The zero-order valence-corrected chi connectivity index (χ0v) is 14.5. The topological polar surface area (TPSA) is 92.7 Å². The summed E-state index contributed by atoms with van der Waals surface area (Å²) < 4.78 is 5.01. The Bertz CT molecular complexity index is 891. The van der Waals surface area contributed by atoms with Crippen LogP contribution in [0.1, 0.15) is 29.8 Å². The average molecular weight is 353 g/mol. The maximum absolute atomic E-state index is 13.2. The molecular weight excluding hydrogens is 334 g/mol. The van der Waals surface area contributed by atoms with Crippen LogP contribution in [0, 0.1) is 0 Å². The van der Waals surface area contributed by atoms with Crippen LogP contribution in [0.15, 0.2) is 48.5 Å². The quantitative estimate of drug-likeness (QED) is 0.818. The van der Waals surface area contributed by atoms with Gasteiger partial charge in [0, 0.05) is 18.1 Å². The van der Waals surface area contributed by atoms with Crippen molar-refractivity contribution in [1.82, 2.24) is 5.32 Å². The summed E-state index contributed by atoms with van der Waals surface area (Å²) >= 11 is 0. The Hall–Kier alpha value is -2.99. The number of benzene rings is 2. The van der Waals surface area contributed by atoms with Crippen molar-refractivity contribution in [2.75, 3.05) is 6.61 Å². The number of esters is 1. The van der Waals surface area contributed by atoms with E-state index in [-0.39, 0.29) is 17.7 Å². The molecule has 1 amide bonds. The van der Waals surface area contributed by atoms with E-state index in [1.54, 1.807) is 55.5 Å². The smallest absolute Gasteiger partial charge is 0.332 e. The van der Waals surface area contributed by atoms with E-state index in [0.717, 1.165) is 0 Å². The predicted molar refractivity (Wildman–Crippen MR) is 94.3 cm³/mol. The number of fused-ring (bicyclic) bond motifs is 3. The van der Waals surface area contributed by atoms with E-state index in [9.17, 15) is 19.5 Å². The molecule has 0 spiro atoms. The van der Waals surface area contributed by atoms with Crippen molar-refractivity contribution in [3.63, 3.8) is 0 Å². The first-order chi connectivity index (χ1) is 12.4. The van der Waals surface area contributed by atoms with Gasteiger partial charge in [-0.2, -0.15) is 0 Å². The normalized spacial score (nSPS) is 19.1. The second-order valence-electron chi connectivity index (χ2n) is 6.07. The highest BCUT2D eigenvalue weighted by molar-refractivity contribution is 6.14. The zero-order valence-electron chi connectivity index (χ0n) is 14.5. The molecule has 0 saturated heterocycles. The Kier molecular flexibility index (Phi) is 4.61. The third-order valence-corrected chi connectivity index (χ3v) is 4.43. The predicted octanol–water partition coefficient (Wildman–Crippen LogP) is 1.81. The standard InChI is InChI=1S/C20H19NO5/c1-3-26-19(24)17(21-12(2)22)20(25)16-11-7-6-9-14(16)13-8-4-5-10-15(13)18(20)23/h4-11,17,25H,3H2,1-2H3,(H,21,22)/t17-,20-/m1/s1. The van der Waals surface area contributed by atoms with Gasteiger partial charge in [0.2, 0.25) is 11.7 Å². The molecule has 2 N–H and O–H groups in total. The van der Waals surface area contributed by atoms with Gasteiger partial charge in [0.05, 0.1) is 6.61 Å². The lowest BCUT2D eigenvalue weighted by molar-refractivity contribution is -0.153. The molecule has 0 saturated carbocycles. The van der Waals surface area contributed by atoms with Gasteiger partial charge < -0.3 is 15.2 Å². The van der Waals surface area contributed by atoms with E-state index in [0.29, 0.717) is 11.1 Å². The molecule has 6 heteroatoms. The molecule has 0 unspecified atom stereocenters. The first-order valence-corrected chi connectivity index (χ1v) is 8.31. The summed E-state index contributed by atoms with van der Waals surface area (Å²) in [6.45, 7) is 2.87. The van der Waals surface area contributed by atoms with Crippen LogP contribution in [-0.2, 0) is 19.9 Å². The van der Waals surface area contributed by atoms with Crippen molar-refractivity contribution >= 4 is 17.7 Å². The lowest BCUT2D eigenvalue weighted by atomic mass is 9.71. The Morgan fingerprint density at radius 1 is 1.08 bits per heavy atom. The summed E-state index contributed by atoms with van der Waals surface area (Å²) in [4.78, 5) is 37.4. The molecule has 2 atom stereocenters. The number of hydrogen-bond acceptors (Lipinski definition) is 5. The Morgan fingerprint density at radius 3 is 2.27 bits per heavy atom. The molecule has 0 radical (unpaired) electrons. The highest BCUT2D eigenvalue weighted by Gasteiger charge is 2.54. The highest BCUT2D eigenvalue weighted by Crippen LogP contribution is 2.43. The Morgan fingerprint density at radius 2 is 1.65 bits per heavy atom. The van der Waals surface area contributed by atoms with Crippen molar-refractivity contribution in [3.05, 3.63) is 59.7 Å². The molecule has 26 heavy (non-hydrogen) atoms. The lowest BCUT2D eigenvalue weighted by Gasteiger charge is -2.38. The maximum Gasteiger partial charge on any atom is 0.332 e. The number of ether oxygens (including phenoxy) is 1. The summed E-state index contributed by atoms with van der Waals surface area (Å²) in [6.07, 6.45) is 0. The van der Waals surface area contributed by atoms with Crippen molar-refractivity contribution in [1.29, 1.82) is 0 Å². The summed E-state index contributed by atoms with van der Waals surface area (Å²) in [7, 11) is 0. The first-order valence-electron chi connectivity index (χ1n) is 8.31. The van der Waals surface area contributed by atoms with Crippen LogP contribution < -0.4 is 5.32 Å². The van der Waals surface area contributed by atoms with Gasteiger partial charge in [-0.05, 0) is 18.1 Å². The number of carbonyl (C=O) groups excluding carboxylic acids is 3. The number of rotatable bonds is 4. The summed E-state index contributed by atoms with van der Waals surface area (Å²) in [6, 6.07) is 12.1. The number of hydrogen-bond donors (Lipinski definition) is 2. The fourth-order valence-corrected chi connectivity index (χ4v) is 3.34. The summed E-state index contributed by atoms with van der Waals surface area (Å²) in [5, 5.41) is 13.9. The monoisotopic (exact) mass is 353 g/mol. The fraction of sp³-hybridized carbons (Fsp3) is 0.250. The summed E-state index contributed by atoms with van der Waals surface area (Å²) in [5.41, 5.74) is -0.417. The Balaban J connectivity index is 2.25. The SMILES string of the molecule is CCOC(=O)[C@@H](NC(C)=O)[C@@]1(O)C(=O)c2ccccc2-c2ccccc21. The summed E-state index contributed by atoms with van der Waals surface area (Å²) in [5.74, 6) is -2.08. The van der Waals surface area contributed by atoms with Gasteiger partial charge in [-0.1, -0.05) is 48.5 Å². The van der Waals surface area contributed by atoms with Crippen LogP contribution in [0.4, 0.5) is 0 Å². The molecule has 2 aromatic carbocycles. The molecule has 6 nitrogen and oxygen atoms in total. The number of amides is 1. The van der Waals surface area contributed by atoms with Gasteiger partial charge in [-0.15, -0.1) is 0 Å². The minimum Gasteiger partial charge on any atom is -0.464 e. The average Bonchev–Trinajstić information content (AvgIpc) is 2.64. The highest BCUT2D eigenvalue weighted by atomic mass is 16.5. The van der Waals surface area contributed by atoms with Gasteiger partial charge in [0.15, 0.2) is 11.6 Å². The van der Waals surface area contributed by atoms with Crippen molar-refractivity contribution < 1.29 is 24.2 Å². The van der Waals surface area contributed by atoms with Crippen LogP contribution in [0.5, 0.6) is 0 Å². The molecule has 0 fully saturated rings. The minimum atomic E-state index is -2.26. The van der Waals surface area contributed by atoms with Crippen LogP contribution >= 0.6 is 0 Å². The molecule has 134 valence electrons. The molecule has 2 aromatic rings. The minimum absolute atomic E-state index is 0.0530. The molecule has 1 aliphatic carbocycles. The van der Waals surface area contributed by atoms with Gasteiger partial charge in [0.25, 0.3) is 0 Å². The van der Waals surface area contributed by atoms with E-state index in [1.807, 2.05) is 0 Å². The first kappa shape index (κ1) is 17.8. The second kappa shape index (κ2) is 6.72. The number of carbonyl (C=O) groups is 3. The van der Waals surface area contributed by atoms with Crippen LogP contribution in [0.3, 0.4) is 0 Å². The number of nitrogens with one attached hydrogen (secondary N) is 1. The molecule has 3 rings (SSSR count). The van der Waals surface area contributed by atoms with Gasteiger partial charge in [-0.3, -0.25) is 9.59 Å². The van der Waals surface area contributed by atoms with Crippen molar-refractivity contribution in [2.24, 2.45) is 0 Å². The van der Waals surface area contributed by atoms with Crippen LogP contribution in [-0.4, -0.2) is 35.4 Å². The van der Waals surface area contributed by atoms with Crippen LogP contribution in [0.2, 0.25) is 0 Å².